The number of alkyl halides is 1. The Bertz CT molecular complexity index is 614. The molecule has 3 rings (SSSR count). The van der Waals surface area contributed by atoms with Crippen LogP contribution in [0.2, 0.25) is 0 Å². The smallest absolute Gasteiger partial charge is 0.0643 e. The molecule has 3 heteroatoms. The van der Waals surface area contributed by atoms with E-state index in [0.29, 0.717) is 12.1 Å². The van der Waals surface area contributed by atoms with E-state index in [1.54, 1.807) is 0 Å². The van der Waals surface area contributed by atoms with E-state index in [9.17, 15) is 0 Å². The Hall–Kier alpha value is -1.35. The summed E-state index contributed by atoms with van der Waals surface area (Å²) in [6, 6.07) is 19.4. The zero-order valence-corrected chi connectivity index (χ0v) is 14.5. The van der Waals surface area contributed by atoms with Crippen LogP contribution < -0.4 is 5.32 Å². The normalized spacial score (nSPS) is 21.7. The molecule has 0 aromatic heterocycles. The van der Waals surface area contributed by atoms with E-state index in [1.807, 2.05) is 0 Å². The number of benzene rings is 2. The summed E-state index contributed by atoms with van der Waals surface area (Å²) in [5, 5.41) is 3.74. The summed E-state index contributed by atoms with van der Waals surface area (Å²) in [7, 11) is 0. The van der Waals surface area contributed by atoms with Gasteiger partial charge >= 0.3 is 0 Å². The van der Waals surface area contributed by atoms with Gasteiger partial charge in [0.15, 0.2) is 0 Å². The first-order valence-electron chi connectivity index (χ1n) is 8.39. The second-order valence-electron chi connectivity index (χ2n) is 6.47. The minimum absolute atomic E-state index is 0.355. The number of hydrogen-bond acceptors (Lipinski definition) is 2. The Morgan fingerprint density at radius 2 is 1.87 bits per heavy atom. The van der Waals surface area contributed by atoms with Crippen LogP contribution in [0.25, 0.3) is 0 Å². The summed E-state index contributed by atoms with van der Waals surface area (Å²) in [4.78, 5) is 2.53. The van der Waals surface area contributed by atoms with Crippen molar-refractivity contribution >= 4 is 11.6 Å². The molecule has 2 unspecified atom stereocenters. The van der Waals surface area contributed by atoms with Crippen molar-refractivity contribution in [1.29, 1.82) is 0 Å². The molecule has 0 bridgehead atoms. The topological polar surface area (TPSA) is 15.3 Å². The highest BCUT2D eigenvalue weighted by molar-refractivity contribution is 6.18. The average molecular weight is 329 g/mol. The SMILES string of the molecule is Cc1cccc(CNC2C(CCl)CCN2Cc2ccccc2)c1. The molecular weight excluding hydrogens is 304 g/mol. The van der Waals surface area contributed by atoms with E-state index in [4.69, 9.17) is 11.6 Å². The summed E-state index contributed by atoms with van der Waals surface area (Å²) >= 11 is 6.21. The Morgan fingerprint density at radius 3 is 2.61 bits per heavy atom. The fraction of sp³-hybridized carbons (Fsp3) is 0.400. The van der Waals surface area contributed by atoms with E-state index >= 15 is 0 Å². The Morgan fingerprint density at radius 1 is 1.09 bits per heavy atom. The second kappa shape index (κ2) is 7.96. The molecule has 122 valence electrons. The molecule has 1 saturated heterocycles. The van der Waals surface area contributed by atoms with Gasteiger partial charge in [-0.05, 0) is 24.5 Å². The molecule has 0 aliphatic carbocycles. The van der Waals surface area contributed by atoms with E-state index in [-0.39, 0.29) is 0 Å². The van der Waals surface area contributed by atoms with Crippen LogP contribution in [0.5, 0.6) is 0 Å². The van der Waals surface area contributed by atoms with Crippen molar-refractivity contribution in [2.75, 3.05) is 12.4 Å². The summed E-state index contributed by atoms with van der Waals surface area (Å²) in [5.74, 6) is 1.24. The first-order chi connectivity index (χ1) is 11.3. The van der Waals surface area contributed by atoms with Gasteiger partial charge in [0.25, 0.3) is 0 Å². The van der Waals surface area contributed by atoms with Crippen LogP contribution in [-0.2, 0) is 13.1 Å². The number of halogens is 1. The van der Waals surface area contributed by atoms with Crippen LogP contribution in [0.1, 0.15) is 23.1 Å². The van der Waals surface area contributed by atoms with Gasteiger partial charge in [0.1, 0.15) is 0 Å². The molecule has 2 atom stereocenters. The quantitative estimate of drug-likeness (QED) is 0.801. The highest BCUT2D eigenvalue weighted by atomic mass is 35.5. The van der Waals surface area contributed by atoms with Gasteiger partial charge in [0.2, 0.25) is 0 Å². The fourth-order valence-electron chi connectivity index (χ4n) is 3.42. The lowest BCUT2D eigenvalue weighted by Crippen LogP contribution is -2.44. The average Bonchev–Trinajstić information content (AvgIpc) is 2.96. The molecular formula is C20H25ClN2. The van der Waals surface area contributed by atoms with Crippen molar-refractivity contribution in [1.82, 2.24) is 10.2 Å². The summed E-state index contributed by atoms with van der Waals surface area (Å²) in [5.41, 5.74) is 4.01. The molecule has 2 aromatic rings. The molecule has 1 N–H and O–H groups in total. The van der Waals surface area contributed by atoms with Crippen LogP contribution in [0.4, 0.5) is 0 Å². The molecule has 1 heterocycles. The number of aryl methyl sites for hydroxylation is 1. The molecule has 2 nitrogen and oxygen atoms in total. The van der Waals surface area contributed by atoms with Gasteiger partial charge in [-0.25, -0.2) is 0 Å². The molecule has 0 radical (unpaired) electrons. The zero-order chi connectivity index (χ0) is 16.1. The number of rotatable bonds is 6. The van der Waals surface area contributed by atoms with Gasteiger partial charge in [-0.3, -0.25) is 10.2 Å². The van der Waals surface area contributed by atoms with Crippen molar-refractivity contribution in [3.63, 3.8) is 0 Å². The number of nitrogens with zero attached hydrogens (tertiary/aromatic N) is 1. The Labute approximate surface area is 144 Å². The van der Waals surface area contributed by atoms with Crippen LogP contribution in [-0.4, -0.2) is 23.5 Å². The van der Waals surface area contributed by atoms with Gasteiger partial charge in [0, 0.05) is 31.4 Å². The van der Waals surface area contributed by atoms with Crippen molar-refractivity contribution in [3.8, 4) is 0 Å². The minimum Gasteiger partial charge on any atom is -0.297 e. The van der Waals surface area contributed by atoms with E-state index in [1.165, 1.54) is 23.1 Å². The second-order valence-corrected chi connectivity index (χ2v) is 6.78. The summed E-state index contributed by atoms with van der Waals surface area (Å²) < 4.78 is 0. The van der Waals surface area contributed by atoms with E-state index in [2.05, 4.69) is 71.7 Å². The number of hydrogen-bond donors (Lipinski definition) is 1. The van der Waals surface area contributed by atoms with Crippen molar-refractivity contribution in [3.05, 3.63) is 71.3 Å². The number of nitrogens with one attached hydrogen (secondary N) is 1. The maximum atomic E-state index is 6.21. The molecule has 1 fully saturated rings. The summed E-state index contributed by atoms with van der Waals surface area (Å²) in [6.45, 7) is 5.13. The third-order valence-electron chi connectivity index (χ3n) is 4.65. The molecule has 23 heavy (non-hydrogen) atoms. The predicted molar refractivity (Wildman–Crippen MR) is 97.5 cm³/mol. The van der Waals surface area contributed by atoms with Crippen LogP contribution in [0.3, 0.4) is 0 Å². The van der Waals surface area contributed by atoms with Gasteiger partial charge in [0.05, 0.1) is 6.17 Å². The van der Waals surface area contributed by atoms with Gasteiger partial charge < -0.3 is 0 Å². The standard InChI is InChI=1S/C20H25ClN2/c1-16-6-5-9-18(12-16)14-22-20-19(13-21)10-11-23(20)15-17-7-3-2-4-8-17/h2-9,12,19-20,22H,10-11,13-15H2,1H3. The van der Waals surface area contributed by atoms with Gasteiger partial charge in [-0.2, -0.15) is 0 Å². The number of likely N-dealkylation sites (tertiary alicyclic amines) is 1. The maximum absolute atomic E-state index is 6.21. The van der Waals surface area contributed by atoms with Crippen molar-refractivity contribution < 1.29 is 0 Å². The largest absolute Gasteiger partial charge is 0.297 e. The molecule has 1 aliphatic heterocycles. The van der Waals surface area contributed by atoms with Crippen molar-refractivity contribution in [2.24, 2.45) is 5.92 Å². The first-order valence-corrected chi connectivity index (χ1v) is 8.92. The van der Waals surface area contributed by atoms with E-state index < -0.39 is 0 Å². The molecule has 2 aromatic carbocycles. The van der Waals surface area contributed by atoms with Crippen LogP contribution >= 0.6 is 11.6 Å². The van der Waals surface area contributed by atoms with Gasteiger partial charge in [-0.15, -0.1) is 11.6 Å². The highest BCUT2D eigenvalue weighted by Gasteiger charge is 2.32. The third-order valence-corrected chi connectivity index (χ3v) is 5.05. The van der Waals surface area contributed by atoms with Crippen molar-refractivity contribution in [2.45, 2.75) is 32.6 Å². The third kappa shape index (κ3) is 4.35. The zero-order valence-electron chi connectivity index (χ0n) is 13.7. The Balaban J connectivity index is 1.65. The lowest BCUT2D eigenvalue weighted by atomic mass is 10.1. The maximum Gasteiger partial charge on any atom is 0.0643 e. The van der Waals surface area contributed by atoms with Crippen LogP contribution in [0.15, 0.2) is 54.6 Å². The van der Waals surface area contributed by atoms with Gasteiger partial charge in [-0.1, -0.05) is 60.2 Å². The Kier molecular flexibility index (Phi) is 5.71. The molecule has 0 spiro atoms. The van der Waals surface area contributed by atoms with E-state index in [0.717, 1.165) is 25.5 Å². The monoisotopic (exact) mass is 328 g/mol. The molecule has 1 aliphatic rings. The molecule has 0 saturated carbocycles. The first kappa shape index (κ1) is 16.5. The minimum atomic E-state index is 0.355. The lowest BCUT2D eigenvalue weighted by molar-refractivity contribution is 0.185. The lowest BCUT2D eigenvalue weighted by Gasteiger charge is -2.29. The molecule has 0 amide bonds. The predicted octanol–water partition coefficient (Wildman–Crippen LogP) is 4.17. The highest BCUT2D eigenvalue weighted by Crippen LogP contribution is 2.26. The fourth-order valence-corrected chi connectivity index (χ4v) is 3.75. The van der Waals surface area contributed by atoms with Crippen LogP contribution in [0, 0.1) is 12.8 Å². The summed E-state index contributed by atoms with van der Waals surface area (Å²) in [6.07, 6.45) is 1.52.